The number of primary amides is 1. The molecule has 0 saturated heterocycles. The molecule has 0 radical (unpaired) electrons. The smallest absolute Gasteiger partial charge is 0.275 e. The topological polar surface area (TPSA) is 85.9 Å². The van der Waals surface area contributed by atoms with Crippen LogP contribution in [0.25, 0.3) is 0 Å². The predicted molar refractivity (Wildman–Crippen MR) is 75.7 cm³/mol. The summed E-state index contributed by atoms with van der Waals surface area (Å²) in [6.07, 6.45) is 0. The molecule has 7 heteroatoms. The van der Waals surface area contributed by atoms with Gasteiger partial charge in [0.15, 0.2) is 6.54 Å². The van der Waals surface area contributed by atoms with Crippen molar-refractivity contribution in [1.29, 1.82) is 0 Å². The van der Waals surface area contributed by atoms with Gasteiger partial charge in [0.2, 0.25) is 5.91 Å². The Morgan fingerprint density at radius 1 is 1.45 bits per heavy atom. The second-order valence-corrected chi connectivity index (χ2v) is 4.95. The highest BCUT2D eigenvalue weighted by molar-refractivity contribution is 6.30. The quantitative estimate of drug-likeness (QED) is 0.601. The summed E-state index contributed by atoms with van der Waals surface area (Å²) < 4.78 is 5.25. The molecular weight excluding hydrogens is 282 g/mol. The largest absolute Gasteiger partial charge is 0.496 e. The van der Waals surface area contributed by atoms with Crippen LogP contribution in [0.4, 0.5) is 0 Å². The Balaban J connectivity index is 2.57. The Kier molecular flexibility index (Phi) is 6.27. The normalized spacial score (nSPS) is 11.8. The Morgan fingerprint density at radius 3 is 2.75 bits per heavy atom. The van der Waals surface area contributed by atoms with E-state index in [0.717, 1.165) is 16.2 Å². The number of amides is 2. The van der Waals surface area contributed by atoms with Crippen molar-refractivity contribution in [2.24, 2.45) is 5.73 Å². The Hall–Kier alpha value is -1.79. The zero-order valence-electron chi connectivity index (χ0n) is 11.5. The summed E-state index contributed by atoms with van der Waals surface area (Å²) in [6.45, 7) is 0.656. The van der Waals surface area contributed by atoms with Crippen LogP contribution in [0.1, 0.15) is 5.56 Å². The van der Waals surface area contributed by atoms with Gasteiger partial charge in [-0.3, -0.25) is 9.59 Å². The molecule has 110 valence electrons. The molecule has 0 aliphatic heterocycles. The van der Waals surface area contributed by atoms with Crippen LogP contribution in [-0.2, 0) is 16.1 Å². The lowest BCUT2D eigenvalue weighted by atomic mass is 10.2. The second kappa shape index (κ2) is 7.72. The summed E-state index contributed by atoms with van der Waals surface area (Å²) in [6, 6.07) is 5.35. The first-order chi connectivity index (χ1) is 9.42. The number of likely N-dealkylation sites (N-methyl/N-ethyl adjacent to an activating group) is 1. The lowest BCUT2D eigenvalue weighted by Crippen LogP contribution is -3.08. The van der Waals surface area contributed by atoms with Crippen LogP contribution in [0, 0.1) is 0 Å². The van der Waals surface area contributed by atoms with Gasteiger partial charge >= 0.3 is 0 Å². The van der Waals surface area contributed by atoms with Crippen LogP contribution in [0.2, 0.25) is 5.02 Å². The highest BCUT2D eigenvalue weighted by atomic mass is 35.5. The number of benzene rings is 1. The van der Waals surface area contributed by atoms with Crippen LogP contribution in [0.15, 0.2) is 18.2 Å². The fourth-order valence-electron chi connectivity index (χ4n) is 1.80. The number of hydrogen-bond donors (Lipinski definition) is 3. The van der Waals surface area contributed by atoms with Crippen LogP contribution in [0.5, 0.6) is 5.75 Å². The first kappa shape index (κ1) is 16.3. The van der Waals surface area contributed by atoms with E-state index in [-0.39, 0.29) is 19.0 Å². The van der Waals surface area contributed by atoms with Gasteiger partial charge in [0.1, 0.15) is 12.3 Å². The Bertz CT molecular complexity index is 494. The van der Waals surface area contributed by atoms with E-state index in [1.807, 2.05) is 13.1 Å². The maximum Gasteiger partial charge on any atom is 0.275 e. The minimum atomic E-state index is -0.562. The summed E-state index contributed by atoms with van der Waals surface area (Å²) in [5.74, 6) is -0.0684. The summed E-state index contributed by atoms with van der Waals surface area (Å²) in [4.78, 5) is 23.1. The average molecular weight is 301 g/mol. The monoisotopic (exact) mass is 300 g/mol. The SMILES string of the molecule is COc1ccc(Cl)cc1C[NH+](C)CC(=O)NCC(N)=O. The number of carbonyl (C=O) groups is 2. The molecule has 1 rings (SSSR count). The summed E-state index contributed by atoms with van der Waals surface area (Å²) in [5.41, 5.74) is 5.87. The molecule has 0 bridgehead atoms. The fraction of sp³-hybridized carbons (Fsp3) is 0.385. The summed E-state index contributed by atoms with van der Waals surface area (Å²) >= 11 is 5.95. The lowest BCUT2D eigenvalue weighted by molar-refractivity contribution is -0.885. The molecule has 1 unspecified atom stereocenters. The lowest BCUT2D eigenvalue weighted by Gasteiger charge is -2.15. The number of ether oxygens (including phenoxy) is 1. The van der Waals surface area contributed by atoms with Gasteiger partial charge in [-0.25, -0.2) is 0 Å². The van der Waals surface area contributed by atoms with E-state index < -0.39 is 5.91 Å². The molecular formula is C13H19ClN3O3+. The maximum atomic E-state index is 11.6. The zero-order valence-corrected chi connectivity index (χ0v) is 12.3. The first-order valence-electron chi connectivity index (χ1n) is 6.11. The van der Waals surface area contributed by atoms with Crippen molar-refractivity contribution in [2.45, 2.75) is 6.54 Å². The third-order valence-electron chi connectivity index (χ3n) is 2.66. The van der Waals surface area contributed by atoms with Crippen molar-refractivity contribution < 1.29 is 19.2 Å². The van der Waals surface area contributed by atoms with E-state index in [1.54, 1.807) is 19.2 Å². The van der Waals surface area contributed by atoms with E-state index >= 15 is 0 Å². The number of nitrogens with one attached hydrogen (secondary N) is 2. The first-order valence-corrected chi connectivity index (χ1v) is 6.49. The van der Waals surface area contributed by atoms with Gasteiger partial charge in [0.25, 0.3) is 5.91 Å². The molecule has 0 spiro atoms. The maximum absolute atomic E-state index is 11.6. The van der Waals surface area contributed by atoms with E-state index in [0.29, 0.717) is 11.6 Å². The minimum absolute atomic E-state index is 0.146. The molecule has 0 saturated carbocycles. The number of quaternary nitrogens is 1. The van der Waals surface area contributed by atoms with Crippen molar-refractivity contribution in [3.05, 3.63) is 28.8 Å². The molecule has 6 nitrogen and oxygen atoms in total. The van der Waals surface area contributed by atoms with E-state index in [1.165, 1.54) is 0 Å². The highest BCUT2D eigenvalue weighted by Gasteiger charge is 2.14. The third-order valence-corrected chi connectivity index (χ3v) is 2.89. The molecule has 0 heterocycles. The molecule has 4 N–H and O–H groups in total. The zero-order chi connectivity index (χ0) is 15.1. The van der Waals surface area contributed by atoms with Gasteiger partial charge in [0, 0.05) is 10.6 Å². The van der Waals surface area contributed by atoms with Crippen LogP contribution < -0.4 is 20.7 Å². The van der Waals surface area contributed by atoms with Gasteiger partial charge in [-0.05, 0) is 18.2 Å². The van der Waals surface area contributed by atoms with Crippen molar-refractivity contribution in [1.82, 2.24) is 5.32 Å². The number of carbonyl (C=O) groups excluding carboxylic acids is 2. The molecule has 0 aromatic heterocycles. The predicted octanol–water partition coefficient (Wildman–Crippen LogP) is -1.04. The number of methoxy groups -OCH3 is 1. The molecule has 0 aliphatic carbocycles. The molecule has 1 aromatic carbocycles. The number of rotatable bonds is 7. The fourth-order valence-corrected chi connectivity index (χ4v) is 1.99. The number of hydrogen-bond acceptors (Lipinski definition) is 3. The number of nitrogens with two attached hydrogens (primary N) is 1. The van der Waals surface area contributed by atoms with Gasteiger partial charge in [0.05, 0.1) is 20.7 Å². The highest BCUT2D eigenvalue weighted by Crippen LogP contribution is 2.21. The Labute approximate surface area is 122 Å². The number of halogens is 1. The van der Waals surface area contributed by atoms with E-state index in [9.17, 15) is 9.59 Å². The van der Waals surface area contributed by atoms with Gasteiger partial charge < -0.3 is 20.7 Å². The summed E-state index contributed by atoms with van der Waals surface area (Å²) in [5, 5.41) is 3.06. The van der Waals surface area contributed by atoms with Crippen LogP contribution in [0.3, 0.4) is 0 Å². The van der Waals surface area contributed by atoms with E-state index in [4.69, 9.17) is 22.1 Å². The Morgan fingerprint density at radius 2 is 2.15 bits per heavy atom. The van der Waals surface area contributed by atoms with Gasteiger partial charge in [-0.15, -0.1) is 0 Å². The van der Waals surface area contributed by atoms with E-state index in [2.05, 4.69) is 5.32 Å². The third kappa shape index (κ3) is 5.46. The molecule has 1 aromatic rings. The van der Waals surface area contributed by atoms with Crippen molar-refractivity contribution >= 4 is 23.4 Å². The molecule has 0 fully saturated rings. The molecule has 20 heavy (non-hydrogen) atoms. The molecule has 0 aliphatic rings. The second-order valence-electron chi connectivity index (χ2n) is 4.51. The van der Waals surface area contributed by atoms with Crippen LogP contribution in [-0.4, -0.2) is 39.1 Å². The van der Waals surface area contributed by atoms with Crippen molar-refractivity contribution in [3.8, 4) is 5.75 Å². The van der Waals surface area contributed by atoms with Gasteiger partial charge in [-0.1, -0.05) is 11.6 Å². The van der Waals surface area contributed by atoms with Gasteiger partial charge in [-0.2, -0.15) is 0 Å². The standard InChI is InChI=1S/C13H18ClN3O3/c1-17(8-13(19)16-6-12(15)18)7-9-5-10(14)3-4-11(9)20-2/h3-5H,6-8H2,1-2H3,(H2,15,18)(H,16,19)/p+1. The van der Waals surface area contributed by atoms with Crippen LogP contribution >= 0.6 is 11.6 Å². The molecule has 1 atom stereocenters. The van der Waals surface area contributed by atoms with Crippen molar-refractivity contribution in [2.75, 3.05) is 27.2 Å². The summed E-state index contributed by atoms with van der Waals surface area (Å²) in [7, 11) is 3.45. The average Bonchev–Trinajstić information content (AvgIpc) is 2.36. The minimum Gasteiger partial charge on any atom is -0.496 e. The molecule has 2 amide bonds. The van der Waals surface area contributed by atoms with Crippen molar-refractivity contribution in [3.63, 3.8) is 0 Å².